The molecule has 0 atom stereocenters. The van der Waals surface area contributed by atoms with Gasteiger partial charge in [0.2, 0.25) is 5.82 Å². The fraction of sp³-hybridized carbons (Fsp3) is 0.278. The number of carbonyl (C=O) groups excluding carboxylic acids is 1. The summed E-state index contributed by atoms with van der Waals surface area (Å²) in [5.74, 6) is 0.864. The molecule has 0 spiro atoms. The van der Waals surface area contributed by atoms with Crippen molar-refractivity contribution < 1.29 is 4.79 Å². The maximum Gasteiger partial charge on any atom is 0.293 e. The van der Waals surface area contributed by atoms with Crippen molar-refractivity contribution in [1.82, 2.24) is 25.0 Å². The largest absolute Gasteiger partial charge is 0.335 e. The summed E-state index contributed by atoms with van der Waals surface area (Å²) in [5.41, 5.74) is 0.898. The zero-order chi connectivity index (χ0) is 17.1. The molecule has 0 bridgehead atoms. The van der Waals surface area contributed by atoms with E-state index in [1.165, 1.54) is 0 Å². The van der Waals surface area contributed by atoms with E-state index < -0.39 is 0 Å². The molecular weight excluding hydrogens is 370 g/mol. The lowest BCUT2D eigenvalue weighted by atomic mass is 10.3. The molecule has 8 heteroatoms. The van der Waals surface area contributed by atoms with E-state index in [4.69, 9.17) is 0 Å². The topological polar surface area (TPSA) is 63.1 Å². The molecule has 1 aliphatic heterocycles. The molecule has 1 aliphatic rings. The molecule has 136 valence electrons. The third-order valence-corrected chi connectivity index (χ3v) is 5.03. The van der Waals surface area contributed by atoms with Gasteiger partial charge in [0.25, 0.3) is 5.91 Å². The Bertz CT molecular complexity index is 842. The van der Waals surface area contributed by atoms with Gasteiger partial charge in [0.15, 0.2) is 5.82 Å². The van der Waals surface area contributed by atoms with Crippen LogP contribution >= 0.6 is 23.7 Å². The minimum atomic E-state index is -0.101. The molecule has 26 heavy (non-hydrogen) atoms. The van der Waals surface area contributed by atoms with Crippen LogP contribution in [0.4, 0.5) is 0 Å². The molecule has 1 fully saturated rings. The number of aromatic nitrogens is 3. The van der Waals surface area contributed by atoms with Gasteiger partial charge < -0.3 is 10.2 Å². The number of carbonyl (C=O) groups is 1. The standard InChI is InChI=1S/C18H19N5OS.ClH/c24-18(22-11-5-9-19-10-12-22)16-20-17(15-8-4-13-25-15)23(21-16)14-6-2-1-3-7-14;/h1-4,6-8,13,19H,5,9-12H2;1H. The van der Waals surface area contributed by atoms with Crippen LogP contribution in [0.5, 0.6) is 0 Å². The normalized spacial score (nSPS) is 14.5. The van der Waals surface area contributed by atoms with E-state index >= 15 is 0 Å². The number of hydrogen-bond acceptors (Lipinski definition) is 5. The van der Waals surface area contributed by atoms with Crippen molar-refractivity contribution in [2.24, 2.45) is 0 Å². The number of halogens is 1. The zero-order valence-electron chi connectivity index (χ0n) is 14.2. The van der Waals surface area contributed by atoms with Gasteiger partial charge in [-0.1, -0.05) is 24.3 Å². The Labute approximate surface area is 162 Å². The maximum atomic E-state index is 12.9. The molecule has 0 radical (unpaired) electrons. The predicted octanol–water partition coefficient (Wildman–Crippen LogP) is 2.85. The van der Waals surface area contributed by atoms with Crippen LogP contribution < -0.4 is 5.32 Å². The van der Waals surface area contributed by atoms with Crippen molar-refractivity contribution in [3.63, 3.8) is 0 Å². The lowest BCUT2D eigenvalue weighted by Gasteiger charge is -2.17. The van der Waals surface area contributed by atoms with Crippen LogP contribution in [0.25, 0.3) is 16.4 Å². The fourth-order valence-electron chi connectivity index (χ4n) is 2.91. The van der Waals surface area contributed by atoms with E-state index in [0.29, 0.717) is 12.4 Å². The molecule has 0 unspecified atom stereocenters. The van der Waals surface area contributed by atoms with Crippen LogP contribution in [0.15, 0.2) is 47.8 Å². The fourth-order valence-corrected chi connectivity index (χ4v) is 3.61. The van der Waals surface area contributed by atoms with Crippen molar-refractivity contribution in [2.45, 2.75) is 6.42 Å². The van der Waals surface area contributed by atoms with Gasteiger partial charge in [0.05, 0.1) is 10.6 Å². The third kappa shape index (κ3) is 3.80. The average molecular weight is 390 g/mol. The number of nitrogens with one attached hydrogen (secondary N) is 1. The first-order chi connectivity index (χ1) is 12.3. The summed E-state index contributed by atoms with van der Waals surface area (Å²) >= 11 is 1.59. The molecular formula is C18H20ClN5OS. The van der Waals surface area contributed by atoms with E-state index in [1.54, 1.807) is 16.0 Å². The van der Waals surface area contributed by atoms with Gasteiger partial charge in [0, 0.05) is 19.6 Å². The molecule has 1 saturated heterocycles. The molecule has 2 aromatic heterocycles. The van der Waals surface area contributed by atoms with Crippen LogP contribution in [0.1, 0.15) is 17.0 Å². The number of para-hydroxylation sites is 1. The molecule has 3 aromatic rings. The van der Waals surface area contributed by atoms with Crippen molar-refractivity contribution in [3.8, 4) is 16.4 Å². The van der Waals surface area contributed by atoms with Gasteiger partial charge in [-0.2, -0.15) is 0 Å². The van der Waals surface area contributed by atoms with Crippen LogP contribution in [0.3, 0.4) is 0 Å². The van der Waals surface area contributed by atoms with Crippen LogP contribution in [-0.4, -0.2) is 51.8 Å². The van der Waals surface area contributed by atoms with Crippen molar-refractivity contribution in [1.29, 1.82) is 0 Å². The summed E-state index contributed by atoms with van der Waals surface area (Å²) in [4.78, 5) is 20.3. The highest BCUT2D eigenvalue weighted by atomic mass is 35.5. The van der Waals surface area contributed by atoms with E-state index in [9.17, 15) is 4.79 Å². The average Bonchev–Trinajstić information content (AvgIpc) is 3.25. The summed E-state index contributed by atoms with van der Waals surface area (Å²) in [6.45, 7) is 3.17. The smallest absolute Gasteiger partial charge is 0.293 e. The Morgan fingerprint density at radius 2 is 1.92 bits per heavy atom. The van der Waals surface area contributed by atoms with Gasteiger partial charge in [0.1, 0.15) is 0 Å². The second kappa shape index (κ2) is 8.44. The van der Waals surface area contributed by atoms with Crippen molar-refractivity contribution in [3.05, 3.63) is 53.7 Å². The Balaban J connectivity index is 0.00000196. The van der Waals surface area contributed by atoms with Gasteiger partial charge in [-0.15, -0.1) is 28.8 Å². The first kappa shape index (κ1) is 18.6. The highest BCUT2D eigenvalue weighted by Gasteiger charge is 2.24. The number of hydrogen-bond donors (Lipinski definition) is 1. The van der Waals surface area contributed by atoms with Crippen LogP contribution in [0, 0.1) is 0 Å². The predicted molar refractivity (Wildman–Crippen MR) is 105 cm³/mol. The van der Waals surface area contributed by atoms with Crippen LogP contribution in [-0.2, 0) is 0 Å². The number of nitrogens with zero attached hydrogens (tertiary/aromatic N) is 4. The number of rotatable bonds is 3. The van der Waals surface area contributed by atoms with Gasteiger partial charge in [-0.3, -0.25) is 4.79 Å². The first-order valence-corrected chi connectivity index (χ1v) is 9.27. The molecule has 1 aromatic carbocycles. The Hall–Kier alpha value is -2.22. The minimum absolute atomic E-state index is 0. The number of benzene rings is 1. The number of thiophene rings is 1. The van der Waals surface area contributed by atoms with Gasteiger partial charge in [-0.05, 0) is 36.5 Å². The van der Waals surface area contributed by atoms with Crippen LogP contribution in [0.2, 0.25) is 0 Å². The maximum absolute atomic E-state index is 12.9. The molecule has 3 heterocycles. The quantitative estimate of drug-likeness (QED) is 0.748. The Morgan fingerprint density at radius 1 is 1.08 bits per heavy atom. The minimum Gasteiger partial charge on any atom is -0.335 e. The monoisotopic (exact) mass is 389 g/mol. The summed E-state index contributed by atoms with van der Waals surface area (Å²) in [6, 6.07) is 13.8. The second-order valence-corrected chi connectivity index (χ2v) is 6.83. The highest BCUT2D eigenvalue weighted by molar-refractivity contribution is 7.13. The SMILES string of the molecule is Cl.O=C(c1nc(-c2cccs2)n(-c2ccccc2)n1)N1CCCNCC1. The summed E-state index contributed by atoms with van der Waals surface area (Å²) < 4.78 is 1.76. The molecule has 0 saturated carbocycles. The Kier molecular flexibility index (Phi) is 6.03. The molecule has 0 aliphatic carbocycles. The van der Waals surface area contributed by atoms with E-state index in [0.717, 1.165) is 36.6 Å². The molecule has 1 N–H and O–H groups in total. The molecule has 1 amide bonds. The van der Waals surface area contributed by atoms with Crippen molar-refractivity contribution >= 4 is 29.7 Å². The molecule has 6 nitrogen and oxygen atoms in total. The zero-order valence-corrected chi connectivity index (χ0v) is 15.8. The summed E-state index contributed by atoms with van der Waals surface area (Å²) in [5, 5.41) is 9.85. The number of amides is 1. The Morgan fingerprint density at radius 3 is 2.69 bits per heavy atom. The second-order valence-electron chi connectivity index (χ2n) is 5.88. The van der Waals surface area contributed by atoms with Gasteiger partial charge >= 0.3 is 0 Å². The van der Waals surface area contributed by atoms with E-state index in [-0.39, 0.29) is 24.1 Å². The summed E-state index contributed by atoms with van der Waals surface area (Å²) in [6.07, 6.45) is 0.947. The summed E-state index contributed by atoms with van der Waals surface area (Å²) in [7, 11) is 0. The van der Waals surface area contributed by atoms with E-state index in [1.807, 2.05) is 52.7 Å². The van der Waals surface area contributed by atoms with Gasteiger partial charge in [-0.25, -0.2) is 9.67 Å². The first-order valence-electron chi connectivity index (χ1n) is 8.39. The lowest BCUT2D eigenvalue weighted by Crippen LogP contribution is -2.34. The lowest BCUT2D eigenvalue weighted by molar-refractivity contribution is 0.0754. The van der Waals surface area contributed by atoms with E-state index in [2.05, 4.69) is 15.4 Å². The third-order valence-electron chi connectivity index (χ3n) is 4.17. The highest BCUT2D eigenvalue weighted by Crippen LogP contribution is 2.25. The van der Waals surface area contributed by atoms with Crippen molar-refractivity contribution in [2.75, 3.05) is 26.2 Å². The molecule has 4 rings (SSSR count).